The summed E-state index contributed by atoms with van der Waals surface area (Å²) >= 11 is 0. The van der Waals surface area contributed by atoms with Crippen molar-refractivity contribution in [3.05, 3.63) is 35.1 Å². The zero-order valence-corrected chi connectivity index (χ0v) is 13.2. The first-order valence-corrected chi connectivity index (χ1v) is 7.41. The number of halogens is 1. The third-order valence-corrected chi connectivity index (χ3v) is 3.55. The van der Waals surface area contributed by atoms with Gasteiger partial charge < -0.3 is 15.3 Å². The quantitative estimate of drug-likeness (QED) is 0.877. The van der Waals surface area contributed by atoms with E-state index < -0.39 is 11.9 Å². The number of carbonyl (C=O) groups excluding carboxylic acids is 1. The number of likely N-dealkylation sites (tertiary alicyclic amines) is 1. The fourth-order valence-corrected chi connectivity index (χ4v) is 2.34. The molecule has 2 atom stereocenters. The summed E-state index contributed by atoms with van der Waals surface area (Å²) < 4.78 is 13.2. The average molecular weight is 296 g/mol. The van der Waals surface area contributed by atoms with Gasteiger partial charge in [-0.2, -0.15) is 0 Å². The first-order chi connectivity index (χ1) is 9.97. The fraction of sp³-hybridized carbons (Fsp3) is 0.562. The molecule has 1 saturated heterocycles. The minimum atomic E-state index is -0.587. The minimum Gasteiger partial charge on any atom is -0.390 e. The van der Waals surface area contributed by atoms with Crippen molar-refractivity contribution in [2.45, 2.75) is 39.3 Å². The monoisotopic (exact) mass is 296 g/mol. The van der Waals surface area contributed by atoms with E-state index in [9.17, 15) is 14.3 Å². The second-order valence-electron chi connectivity index (χ2n) is 5.16. The van der Waals surface area contributed by atoms with Crippen LogP contribution in [0.25, 0.3) is 0 Å². The van der Waals surface area contributed by atoms with E-state index in [2.05, 4.69) is 5.32 Å². The number of hydrogen-bond acceptors (Lipinski definition) is 3. The predicted octanol–water partition coefficient (Wildman–Crippen LogP) is 1.96. The fourth-order valence-electron chi connectivity index (χ4n) is 2.34. The molecular formula is C16H25FN2O2. The van der Waals surface area contributed by atoms with Crippen LogP contribution in [0, 0.1) is 12.7 Å². The van der Waals surface area contributed by atoms with Crippen LogP contribution in [-0.4, -0.2) is 48.2 Å². The Morgan fingerprint density at radius 1 is 1.43 bits per heavy atom. The molecule has 1 aliphatic rings. The molecule has 2 N–H and O–H groups in total. The van der Waals surface area contributed by atoms with Gasteiger partial charge in [0.05, 0.1) is 12.1 Å². The Kier molecular flexibility index (Phi) is 6.78. The Morgan fingerprint density at radius 2 is 2.10 bits per heavy atom. The summed E-state index contributed by atoms with van der Waals surface area (Å²) in [7, 11) is 1.93. The van der Waals surface area contributed by atoms with Crippen LogP contribution >= 0.6 is 0 Å². The maximum atomic E-state index is 13.2. The van der Waals surface area contributed by atoms with Crippen LogP contribution in [0.1, 0.15) is 36.2 Å². The van der Waals surface area contributed by atoms with Crippen LogP contribution in [0.2, 0.25) is 0 Å². The van der Waals surface area contributed by atoms with E-state index in [0.29, 0.717) is 18.5 Å². The highest BCUT2D eigenvalue weighted by molar-refractivity contribution is 5.95. The molecule has 1 aromatic rings. The van der Waals surface area contributed by atoms with E-state index in [1.54, 1.807) is 13.0 Å². The molecule has 4 nitrogen and oxygen atoms in total. The number of aliphatic hydroxyl groups is 1. The first-order valence-electron chi connectivity index (χ1n) is 7.41. The molecular weight excluding hydrogens is 271 g/mol. The van der Waals surface area contributed by atoms with Crippen molar-refractivity contribution in [2.24, 2.45) is 0 Å². The van der Waals surface area contributed by atoms with Gasteiger partial charge in [0.25, 0.3) is 5.91 Å². The molecule has 0 bridgehead atoms. The number of aliphatic hydroxyl groups excluding tert-OH is 1. The summed E-state index contributed by atoms with van der Waals surface area (Å²) in [5.41, 5.74) is 1.05. The Balaban J connectivity index is 0.00000106. The van der Waals surface area contributed by atoms with Crippen molar-refractivity contribution >= 4 is 5.91 Å². The highest BCUT2D eigenvalue weighted by Crippen LogP contribution is 2.13. The highest BCUT2D eigenvalue weighted by Gasteiger charge is 2.27. The zero-order valence-electron chi connectivity index (χ0n) is 13.2. The maximum absolute atomic E-state index is 13.2. The second kappa shape index (κ2) is 8.10. The topological polar surface area (TPSA) is 52.6 Å². The molecule has 1 aliphatic heterocycles. The number of benzene rings is 1. The summed E-state index contributed by atoms with van der Waals surface area (Å²) in [6, 6.07) is 3.86. The molecule has 1 heterocycles. The molecule has 0 spiro atoms. The number of nitrogens with one attached hydrogen (secondary N) is 1. The van der Waals surface area contributed by atoms with Crippen LogP contribution in [0.3, 0.4) is 0 Å². The number of aryl methyl sites for hydroxylation is 1. The Morgan fingerprint density at radius 3 is 2.71 bits per heavy atom. The Labute approximate surface area is 126 Å². The van der Waals surface area contributed by atoms with E-state index in [1.165, 1.54) is 12.1 Å². The smallest absolute Gasteiger partial charge is 0.251 e. The largest absolute Gasteiger partial charge is 0.390 e. The normalized spacial score (nSPS) is 22.2. The summed E-state index contributed by atoms with van der Waals surface area (Å²) in [6.07, 6.45) is 0.106. The highest BCUT2D eigenvalue weighted by atomic mass is 19.1. The molecule has 2 unspecified atom stereocenters. The van der Waals surface area contributed by atoms with Gasteiger partial charge in [-0.25, -0.2) is 4.39 Å². The summed E-state index contributed by atoms with van der Waals surface area (Å²) in [5.74, 6) is -0.759. The summed E-state index contributed by atoms with van der Waals surface area (Å²) in [4.78, 5) is 14.1. The molecule has 0 saturated carbocycles. The molecule has 1 aromatic carbocycles. The van der Waals surface area contributed by atoms with Crippen molar-refractivity contribution in [1.29, 1.82) is 0 Å². The van der Waals surface area contributed by atoms with Crippen molar-refractivity contribution in [1.82, 2.24) is 10.2 Å². The van der Waals surface area contributed by atoms with Crippen LogP contribution in [0.4, 0.5) is 4.39 Å². The molecule has 0 aliphatic carbocycles. The number of amides is 1. The Hall–Kier alpha value is -1.46. The van der Waals surface area contributed by atoms with Gasteiger partial charge in [-0.1, -0.05) is 19.9 Å². The van der Waals surface area contributed by atoms with E-state index >= 15 is 0 Å². The number of hydrogen-bond donors (Lipinski definition) is 2. The lowest BCUT2D eigenvalue weighted by atomic mass is 10.0. The number of rotatable bonds is 2. The number of nitrogens with zero attached hydrogens (tertiary/aromatic N) is 1. The third-order valence-electron chi connectivity index (χ3n) is 3.55. The first kappa shape index (κ1) is 17.6. The summed E-state index contributed by atoms with van der Waals surface area (Å²) in [5, 5.41) is 12.7. The third kappa shape index (κ3) is 4.79. The summed E-state index contributed by atoms with van der Waals surface area (Å²) in [6.45, 7) is 7.12. The van der Waals surface area contributed by atoms with Crippen molar-refractivity contribution in [3.63, 3.8) is 0 Å². The molecule has 0 aromatic heterocycles. The zero-order chi connectivity index (χ0) is 16.0. The van der Waals surface area contributed by atoms with Crippen LogP contribution in [-0.2, 0) is 0 Å². The van der Waals surface area contributed by atoms with E-state index in [0.717, 1.165) is 12.1 Å². The Bertz CT molecular complexity index is 479. The number of carbonyl (C=O) groups is 1. The molecule has 0 radical (unpaired) electrons. The molecule has 118 valence electrons. The van der Waals surface area contributed by atoms with E-state index in [1.807, 2.05) is 25.8 Å². The predicted molar refractivity (Wildman–Crippen MR) is 81.9 cm³/mol. The van der Waals surface area contributed by atoms with Gasteiger partial charge >= 0.3 is 0 Å². The average Bonchev–Trinajstić information content (AvgIpc) is 2.46. The van der Waals surface area contributed by atoms with Gasteiger partial charge in [0, 0.05) is 12.1 Å². The van der Waals surface area contributed by atoms with Crippen molar-refractivity contribution in [2.75, 3.05) is 20.1 Å². The lowest BCUT2D eigenvalue weighted by molar-refractivity contribution is 0.0472. The maximum Gasteiger partial charge on any atom is 0.251 e. The van der Waals surface area contributed by atoms with E-state index in [-0.39, 0.29) is 11.9 Å². The number of piperidine rings is 1. The van der Waals surface area contributed by atoms with Crippen molar-refractivity contribution < 1.29 is 14.3 Å². The van der Waals surface area contributed by atoms with Gasteiger partial charge in [0.15, 0.2) is 0 Å². The molecule has 1 fully saturated rings. The van der Waals surface area contributed by atoms with Crippen LogP contribution in [0.5, 0.6) is 0 Å². The number of likely N-dealkylation sites (N-methyl/N-ethyl adjacent to an activating group) is 1. The number of β-amino-alcohol motifs (C(OH)–C–C–N with tert-alkyl or cyclic N) is 1. The lowest BCUT2D eigenvalue weighted by Gasteiger charge is -2.34. The van der Waals surface area contributed by atoms with Crippen LogP contribution < -0.4 is 5.32 Å². The van der Waals surface area contributed by atoms with Gasteiger partial charge in [-0.3, -0.25) is 4.79 Å². The molecule has 1 amide bonds. The second-order valence-corrected chi connectivity index (χ2v) is 5.16. The lowest BCUT2D eigenvalue weighted by Crippen LogP contribution is -2.53. The minimum absolute atomic E-state index is 0.272. The van der Waals surface area contributed by atoms with Crippen LogP contribution in [0.15, 0.2) is 18.2 Å². The van der Waals surface area contributed by atoms with Gasteiger partial charge in [-0.15, -0.1) is 0 Å². The standard InChI is InChI=1S/C14H19FN2O2.C2H6/c1-9-3-4-10(15)7-11(9)14(19)16-12-5-6-17(2)8-13(12)18;1-2/h3-4,7,12-13,18H,5-6,8H2,1-2H3,(H,16,19);1-2H3. The molecule has 5 heteroatoms. The molecule has 21 heavy (non-hydrogen) atoms. The van der Waals surface area contributed by atoms with Gasteiger partial charge in [-0.05, 0) is 44.6 Å². The van der Waals surface area contributed by atoms with Gasteiger partial charge in [0.2, 0.25) is 0 Å². The van der Waals surface area contributed by atoms with E-state index in [4.69, 9.17) is 0 Å². The molecule has 2 rings (SSSR count). The van der Waals surface area contributed by atoms with Gasteiger partial charge in [0.1, 0.15) is 5.82 Å². The SMILES string of the molecule is CC.Cc1ccc(F)cc1C(=O)NC1CCN(C)CC1O. The van der Waals surface area contributed by atoms with Crippen molar-refractivity contribution in [3.8, 4) is 0 Å².